The molecule has 1 unspecified atom stereocenters. The molecule has 2 rings (SSSR count). The zero-order valence-corrected chi connectivity index (χ0v) is 12.1. The second-order valence-corrected chi connectivity index (χ2v) is 5.26. The van der Waals surface area contributed by atoms with Crippen molar-refractivity contribution in [1.29, 1.82) is 0 Å². The fourth-order valence-electron chi connectivity index (χ4n) is 1.68. The van der Waals surface area contributed by atoms with Gasteiger partial charge in [0.1, 0.15) is 0 Å². The fourth-order valence-corrected chi connectivity index (χ4v) is 2.70. The van der Waals surface area contributed by atoms with Crippen LogP contribution in [0.2, 0.25) is 10.0 Å². The Kier molecular flexibility index (Phi) is 3.78. The Morgan fingerprint density at radius 1 is 1.41 bits per heavy atom. The van der Waals surface area contributed by atoms with Crippen LogP contribution in [-0.4, -0.2) is 9.78 Å². The molecule has 0 spiro atoms. The van der Waals surface area contributed by atoms with E-state index in [1.807, 2.05) is 19.2 Å². The molecule has 3 nitrogen and oxygen atoms in total. The van der Waals surface area contributed by atoms with Gasteiger partial charge >= 0.3 is 0 Å². The normalized spacial score (nSPS) is 12.8. The number of hydrogen-bond donors (Lipinski definition) is 1. The molecule has 2 N–H and O–H groups in total. The topological polar surface area (TPSA) is 43.8 Å². The third-order valence-electron chi connectivity index (χ3n) is 2.55. The van der Waals surface area contributed by atoms with Crippen LogP contribution in [0.5, 0.6) is 0 Å². The highest BCUT2D eigenvalue weighted by Crippen LogP contribution is 2.33. The smallest absolute Gasteiger partial charge is 0.0749 e. The van der Waals surface area contributed by atoms with Gasteiger partial charge in [0.05, 0.1) is 32.5 Å². The van der Waals surface area contributed by atoms with Crippen LogP contribution in [0.4, 0.5) is 0 Å². The molecule has 0 amide bonds. The van der Waals surface area contributed by atoms with E-state index in [9.17, 15) is 0 Å². The molecule has 17 heavy (non-hydrogen) atoms. The molecule has 0 saturated carbocycles. The van der Waals surface area contributed by atoms with Crippen LogP contribution in [0.15, 0.2) is 28.9 Å². The monoisotopic (exact) mass is 333 g/mol. The summed E-state index contributed by atoms with van der Waals surface area (Å²) in [5.74, 6) is 0. The molecule has 1 atom stereocenters. The van der Waals surface area contributed by atoms with E-state index in [2.05, 4.69) is 21.0 Å². The highest BCUT2D eigenvalue weighted by molar-refractivity contribution is 9.10. The van der Waals surface area contributed by atoms with E-state index in [0.717, 1.165) is 15.7 Å². The Hall–Kier alpha value is -0.550. The van der Waals surface area contributed by atoms with E-state index >= 15 is 0 Å². The molecule has 2 aromatic rings. The van der Waals surface area contributed by atoms with Gasteiger partial charge < -0.3 is 5.73 Å². The van der Waals surface area contributed by atoms with Crippen LogP contribution < -0.4 is 5.73 Å². The van der Waals surface area contributed by atoms with Crippen LogP contribution >= 0.6 is 39.1 Å². The summed E-state index contributed by atoms with van der Waals surface area (Å²) in [6.07, 6.45) is 1.70. The van der Waals surface area contributed by atoms with Crippen molar-refractivity contribution in [2.75, 3.05) is 0 Å². The SMILES string of the molecule is Cn1ncc(Br)c1C(N)c1cccc(Cl)c1Cl. The average molecular weight is 335 g/mol. The van der Waals surface area contributed by atoms with Gasteiger partial charge in [0.2, 0.25) is 0 Å². The minimum absolute atomic E-state index is 0.372. The number of aromatic nitrogens is 2. The lowest BCUT2D eigenvalue weighted by molar-refractivity contribution is 0.671. The number of nitrogens with two attached hydrogens (primary N) is 1. The molecule has 0 bridgehead atoms. The number of nitrogens with zero attached hydrogens (tertiary/aromatic N) is 2. The Bertz CT molecular complexity index is 534. The van der Waals surface area contributed by atoms with Gasteiger partial charge in [0.15, 0.2) is 0 Å². The van der Waals surface area contributed by atoms with Crippen molar-refractivity contribution in [2.45, 2.75) is 6.04 Å². The molecule has 0 fully saturated rings. The largest absolute Gasteiger partial charge is 0.319 e. The molecule has 1 aromatic carbocycles. The molecule has 0 radical (unpaired) electrons. The van der Waals surface area contributed by atoms with Gasteiger partial charge in [-0.15, -0.1) is 0 Å². The summed E-state index contributed by atoms with van der Waals surface area (Å²) < 4.78 is 2.56. The third kappa shape index (κ3) is 2.36. The first-order valence-corrected chi connectivity index (χ1v) is 6.44. The number of halogens is 3. The third-order valence-corrected chi connectivity index (χ3v) is 3.99. The zero-order chi connectivity index (χ0) is 12.6. The predicted molar refractivity (Wildman–Crippen MR) is 73.4 cm³/mol. The first-order valence-electron chi connectivity index (χ1n) is 4.89. The summed E-state index contributed by atoms with van der Waals surface area (Å²) >= 11 is 15.5. The molecule has 1 heterocycles. The van der Waals surface area contributed by atoms with Gasteiger partial charge in [-0.25, -0.2) is 0 Å². The number of hydrogen-bond acceptors (Lipinski definition) is 2. The van der Waals surface area contributed by atoms with Crippen molar-refractivity contribution in [2.24, 2.45) is 12.8 Å². The highest BCUT2D eigenvalue weighted by Gasteiger charge is 2.19. The second kappa shape index (κ2) is 4.98. The van der Waals surface area contributed by atoms with E-state index in [0.29, 0.717) is 10.0 Å². The Labute approximate surface area is 118 Å². The summed E-state index contributed by atoms with van der Waals surface area (Å²) in [4.78, 5) is 0. The minimum atomic E-state index is -0.372. The van der Waals surface area contributed by atoms with Crippen molar-refractivity contribution in [3.63, 3.8) is 0 Å². The molecule has 6 heteroatoms. The van der Waals surface area contributed by atoms with E-state index in [1.165, 1.54) is 0 Å². The fraction of sp³-hybridized carbons (Fsp3) is 0.182. The second-order valence-electron chi connectivity index (χ2n) is 3.62. The number of benzene rings is 1. The van der Waals surface area contributed by atoms with E-state index < -0.39 is 0 Å². The number of aryl methyl sites for hydroxylation is 1. The van der Waals surface area contributed by atoms with Gasteiger partial charge in [-0.05, 0) is 27.6 Å². The minimum Gasteiger partial charge on any atom is -0.319 e. The van der Waals surface area contributed by atoms with Crippen molar-refractivity contribution in [1.82, 2.24) is 9.78 Å². The highest BCUT2D eigenvalue weighted by atomic mass is 79.9. The first kappa shape index (κ1) is 12.9. The van der Waals surface area contributed by atoms with Crippen molar-refractivity contribution >= 4 is 39.1 Å². The zero-order valence-electron chi connectivity index (χ0n) is 8.99. The van der Waals surface area contributed by atoms with Gasteiger partial charge in [0, 0.05) is 7.05 Å². The van der Waals surface area contributed by atoms with Crippen molar-refractivity contribution in [3.8, 4) is 0 Å². The summed E-state index contributed by atoms with van der Waals surface area (Å²) in [6, 6.07) is 5.05. The maximum absolute atomic E-state index is 6.20. The maximum atomic E-state index is 6.20. The summed E-state index contributed by atoms with van der Waals surface area (Å²) in [7, 11) is 1.83. The lowest BCUT2D eigenvalue weighted by atomic mass is 10.0. The van der Waals surface area contributed by atoms with Crippen LogP contribution in [0.25, 0.3) is 0 Å². The Morgan fingerprint density at radius 3 is 2.71 bits per heavy atom. The lowest BCUT2D eigenvalue weighted by Crippen LogP contribution is -2.17. The van der Waals surface area contributed by atoms with Crippen LogP contribution in [-0.2, 0) is 7.05 Å². The summed E-state index contributed by atoms with van der Waals surface area (Å²) in [5.41, 5.74) is 7.83. The van der Waals surface area contributed by atoms with Crippen molar-refractivity contribution < 1.29 is 0 Å². The van der Waals surface area contributed by atoms with Gasteiger partial charge in [0.25, 0.3) is 0 Å². The molecule has 0 aliphatic rings. The molecule has 1 aromatic heterocycles. The Balaban J connectivity index is 2.51. The van der Waals surface area contributed by atoms with Gasteiger partial charge in [-0.1, -0.05) is 35.3 Å². The average Bonchev–Trinajstić information content (AvgIpc) is 2.62. The molecule has 0 aliphatic heterocycles. The quantitative estimate of drug-likeness (QED) is 0.912. The maximum Gasteiger partial charge on any atom is 0.0749 e. The Morgan fingerprint density at radius 2 is 2.12 bits per heavy atom. The predicted octanol–water partition coefficient (Wildman–Crippen LogP) is 3.54. The van der Waals surface area contributed by atoms with E-state index in [1.54, 1.807) is 16.9 Å². The van der Waals surface area contributed by atoms with Gasteiger partial charge in [-0.3, -0.25) is 4.68 Å². The standard InChI is InChI=1S/C11H10BrCl2N3/c1-17-11(7(12)5-16-17)10(15)6-3-2-4-8(13)9(6)14/h2-5,10H,15H2,1H3. The summed E-state index contributed by atoms with van der Waals surface area (Å²) in [5, 5.41) is 5.11. The molecule has 0 saturated heterocycles. The molecule has 0 aliphatic carbocycles. The van der Waals surface area contributed by atoms with Crippen LogP contribution in [0.1, 0.15) is 17.3 Å². The van der Waals surface area contributed by atoms with Gasteiger partial charge in [-0.2, -0.15) is 5.10 Å². The lowest BCUT2D eigenvalue weighted by Gasteiger charge is -2.15. The van der Waals surface area contributed by atoms with E-state index in [4.69, 9.17) is 28.9 Å². The van der Waals surface area contributed by atoms with Crippen LogP contribution in [0.3, 0.4) is 0 Å². The molecular weight excluding hydrogens is 325 g/mol. The van der Waals surface area contributed by atoms with E-state index in [-0.39, 0.29) is 6.04 Å². The molecule has 90 valence electrons. The summed E-state index contributed by atoms with van der Waals surface area (Å²) in [6.45, 7) is 0. The first-order chi connectivity index (χ1) is 8.02. The number of rotatable bonds is 2. The van der Waals surface area contributed by atoms with Crippen LogP contribution in [0, 0.1) is 0 Å². The molecular formula is C11H10BrCl2N3. The van der Waals surface area contributed by atoms with Crippen molar-refractivity contribution in [3.05, 3.63) is 50.2 Å².